The molecule has 0 radical (unpaired) electrons. The highest BCUT2D eigenvalue weighted by atomic mass is 33.1. The second-order valence-electron chi connectivity index (χ2n) is 4.35. The molecule has 0 rings (SSSR count). The van der Waals surface area contributed by atoms with E-state index in [4.69, 9.17) is 10.5 Å². The van der Waals surface area contributed by atoms with Gasteiger partial charge in [0.05, 0.1) is 0 Å². The third kappa shape index (κ3) is 14.2. The third-order valence-corrected chi connectivity index (χ3v) is 4.38. The molecule has 0 saturated heterocycles. The zero-order valence-corrected chi connectivity index (χ0v) is 13.1. The second kappa shape index (κ2) is 13.5. The van der Waals surface area contributed by atoms with Crippen LogP contribution in [0.15, 0.2) is 0 Å². The molecule has 0 aliphatic rings. The van der Waals surface area contributed by atoms with Gasteiger partial charge in [-0.3, -0.25) is 4.79 Å². The molecule has 0 saturated carbocycles. The summed E-state index contributed by atoms with van der Waals surface area (Å²) in [6.45, 7) is 7.17. The van der Waals surface area contributed by atoms with Crippen molar-refractivity contribution in [2.45, 2.75) is 26.7 Å². The number of ether oxygens (including phenoxy) is 1. The van der Waals surface area contributed by atoms with Crippen molar-refractivity contribution in [3.63, 3.8) is 0 Å². The molecule has 18 heavy (non-hydrogen) atoms. The van der Waals surface area contributed by atoms with Gasteiger partial charge in [-0.2, -0.15) is 0 Å². The maximum Gasteiger partial charge on any atom is 0.220 e. The molecule has 0 spiro atoms. The zero-order valence-electron chi connectivity index (χ0n) is 11.4. The largest absolute Gasteiger partial charge is 0.381 e. The molecule has 6 heteroatoms. The summed E-state index contributed by atoms with van der Waals surface area (Å²) in [5.74, 6) is 2.49. The van der Waals surface area contributed by atoms with Crippen molar-refractivity contribution in [1.29, 1.82) is 0 Å². The van der Waals surface area contributed by atoms with Crippen molar-refractivity contribution in [3.8, 4) is 0 Å². The minimum absolute atomic E-state index is 0.125. The molecule has 0 unspecified atom stereocenters. The maximum atomic E-state index is 11.4. The lowest BCUT2D eigenvalue weighted by molar-refractivity contribution is -0.120. The van der Waals surface area contributed by atoms with E-state index in [-0.39, 0.29) is 5.91 Å². The Hall–Kier alpha value is 0.0900. The highest BCUT2D eigenvalue weighted by Gasteiger charge is 2.00. The summed E-state index contributed by atoms with van der Waals surface area (Å²) < 4.78 is 5.43. The first kappa shape index (κ1) is 18.1. The van der Waals surface area contributed by atoms with E-state index in [0.29, 0.717) is 25.4 Å². The normalized spacial score (nSPS) is 10.9. The average Bonchev–Trinajstić information content (AvgIpc) is 2.33. The Kier molecular flexibility index (Phi) is 13.6. The van der Waals surface area contributed by atoms with Crippen molar-refractivity contribution in [2.75, 3.05) is 37.8 Å². The zero-order chi connectivity index (χ0) is 13.6. The summed E-state index contributed by atoms with van der Waals surface area (Å²) in [7, 11) is 3.43. The fourth-order valence-corrected chi connectivity index (χ4v) is 2.96. The minimum atomic E-state index is 0.125. The van der Waals surface area contributed by atoms with Gasteiger partial charge in [0.25, 0.3) is 0 Å². The molecular weight excluding hydrogens is 268 g/mol. The van der Waals surface area contributed by atoms with Crippen LogP contribution in [0.5, 0.6) is 0 Å². The van der Waals surface area contributed by atoms with Crippen LogP contribution in [-0.4, -0.2) is 43.7 Å². The van der Waals surface area contributed by atoms with Gasteiger partial charge in [-0.15, -0.1) is 0 Å². The number of nitrogens with two attached hydrogens (primary N) is 1. The van der Waals surface area contributed by atoms with E-state index in [9.17, 15) is 4.79 Å². The fourth-order valence-electron chi connectivity index (χ4n) is 1.11. The molecule has 1 amide bonds. The van der Waals surface area contributed by atoms with E-state index in [1.165, 1.54) is 0 Å². The summed E-state index contributed by atoms with van der Waals surface area (Å²) in [4.78, 5) is 11.4. The van der Waals surface area contributed by atoms with Crippen molar-refractivity contribution < 1.29 is 9.53 Å². The monoisotopic (exact) mass is 294 g/mol. The van der Waals surface area contributed by atoms with E-state index in [1.54, 1.807) is 21.6 Å². The Morgan fingerprint density at radius 1 is 1.33 bits per heavy atom. The summed E-state index contributed by atoms with van der Waals surface area (Å²) in [6.07, 6.45) is 1.46. The topological polar surface area (TPSA) is 64.3 Å². The van der Waals surface area contributed by atoms with Crippen LogP contribution in [0.25, 0.3) is 0 Å². The minimum Gasteiger partial charge on any atom is -0.381 e. The molecule has 0 aliphatic carbocycles. The van der Waals surface area contributed by atoms with Crippen LogP contribution in [0.4, 0.5) is 0 Å². The lowest BCUT2D eigenvalue weighted by atomic mass is 10.2. The van der Waals surface area contributed by atoms with Crippen molar-refractivity contribution in [1.82, 2.24) is 5.32 Å². The number of nitrogens with one attached hydrogen (secondary N) is 1. The van der Waals surface area contributed by atoms with Crippen LogP contribution in [0, 0.1) is 5.92 Å². The van der Waals surface area contributed by atoms with Crippen molar-refractivity contribution in [2.24, 2.45) is 11.7 Å². The molecule has 108 valence electrons. The highest BCUT2D eigenvalue weighted by molar-refractivity contribution is 8.76. The molecule has 0 bridgehead atoms. The molecular formula is C12H26N2O2S2. The lowest BCUT2D eigenvalue weighted by Crippen LogP contribution is -2.25. The van der Waals surface area contributed by atoms with Gasteiger partial charge in [0, 0.05) is 44.2 Å². The van der Waals surface area contributed by atoms with Crippen LogP contribution >= 0.6 is 21.6 Å². The van der Waals surface area contributed by atoms with Gasteiger partial charge < -0.3 is 15.8 Å². The molecule has 0 heterocycles. The van der Waals surface area contributed by atoms with Gasteiger partial charge in [0.2, 0.25) is 5.91 Å². The van der Waals surface area contributed by atoms with Gasteiger partial charge in [0.15, 0.2) is 0 Å². The summed E-state index contributed by atoms with van der Waals surface area (Å²) in [5.41, 5.74) is 5.37. The number of rotatable bonds is 12. The smallest absolute Gasteiger partial charge is 0.220 e. The number of carbonyl (C=O) groups is 1. The highest BCUT2D eigenvalue weighted by Crippen LogP contribution is 2.20. The van der Waals surface area contributed by atoms with Crippen LogP contribution in [-0.2, 0) is 9.53 Å². The van der Waals surface area contributed by atoms with Gasteiger partial charge in [0.1, 0.15) is 0 Å². The van der Waals surface area contributed by atoms with Crippen LogP contribution < -0.4 is 11.1 Å². The summed E-state index contributed by atoms with van der Waals surface area (Å²) >= 11 is 0. The molecule has 0 aromatic heterocycles. The average molecular weight is 294 g/mol. The van der Waals surface area contributed by atoms with Crippen LogP contribution in [0.3, 0.4) is 0 Å². The molecule has 3 N–H and O–H groups in total. The lowest BCUT2D eigenvalue weighted by Gasteiger charge is -2.07. The SMILES string of the molecule is CC(C)COCCCNC(=O)CCSSCCN. The van der Waals surface area contributed by atoms with Crippen molar-refractivity contribution >= 4 is 27.5 Å². The Bertz CT molecular complexity index is 205. The molecule has 0 aliphatic heterocycles. The van der Waals surface area contributed by atoms with E-state index >= 15 is 0 Å². The summed E-state index contributed by atoms with van der Waals surface area (Å²) in [6, 6.07) is 0. The maximum absolute atomic E-state index is 11.4. The van der Waals surface area contributed by atoms with E-state index in [0.717, 1.165) is 31.1 Å². The first-order chi connectivity index (χ1) is 8.66. The van der Waals surface area contributed by atoms with E-state index < -0.39 is 0 Å². The molecule has 0 aromatic carbocycles. The van der Waals surface area contributed by atoms with E-state index in [1.807, 2.05) is 0 Å². The second-order valence-corrected chi connectivity index (χ2v) is 7.06. The fraction of sp³-hybridized carbons (Fsp3) is 0.917. The predicted octanol–water partition coefficient (Wildman–Crippen LogP) is 1.90. The Balaban J connectivity index is 3.17. The molecule has 0 fully saturated rings. The number of hydrogen-bond donors (Lipinski definition) is 2. The van der Waals surface area contributed by atoms with Gasteiger partial charge in [-0.05, 0) is 12.3 Å². The predicted molar refractivity (Wildman–Crippen MR) is 81.9 cm³/mol. The van der Waals surface area contributed by atoms with Gasteiger partial charge >= 0.3 is 0 Å². The number of amides is 1. The van der Waals surface area contributed by atoms with E-state index in [2.05, 4.69) is 19.2 Å². The van der Waals surface area contributed by atoms with Crippen LogP contribution in [0.1, 0.15) is 26.7 Å². The Morgan fingerprint density at radius 3 is 2.72 bits per heavy atom. The standard InChI is InChI=1S/C12H26N2O2S2/c1-11(2)10-16-7-3-6-14-12(15)4-8-17-18-9-5-13/h11H,3-10,13H2,1-2H3,(H,14,15). The Labute approximate surface area is 119 Å². The first-order valence-electron chi connectivity index (χ1n) is 6.45. The first-order valence-corrected chi connectivity index (χ1v) is 8.94. The Morgan fingerprint density at radius 2 is 2.06 bits per heavy atom. The molecule has 4 nitrogen and oxygen atoms in total. The quantitative estimate of drug-likeness (QED) is 0.425. The third-order valence-electron chi connectivity index (χ3n) is 1.94. The molecule has 0 atom stereocenters. The number of carbonyl (C=O) groups excluding carboxylic acids is 1. The molecule has 0 aromatic rings. The number of hydrogen-bond acceptors (Lipinski definition) is 5. The van der Waals surface area contributed by atoms with Crippen LogP contribution in [0.2, 0.25) is 0 Å². The van der Waals surface area contributed by atoms with Gasteiger partial charge in [-0.1, -0.05) is 35.4 Å². The van der Waals surface area contributed by atoms with Crippen molar-refractivity contribution in [3.05, 3.63) is 0 Å². The summed E-state index contributed by atoms with van der Waals surface area (Å²) in [5, 5.41) is 2.90. The van der Waals surface area contributed by atoms with Gasteiger partial charge in [-0.25, -0.2) is 0 Å².